The second kappa shape index (κ2) is 10.6. The Bertz CT molecular complexity index is 1140. The third-order valence-electron chi connectivity index (χ3n) is 5.68. The first-order chi connectivity index (χ1) is 15.7. The topological polar surface area (TPSA) is 136 Å². The summed E-state index contributed by atoms with van der Waals surface area (Å²) in [5.74, 6) is -0.832. The van der Waals surface area contributed by atoms with Gasteiger partial charge in [-0.2, -0.15) is 14.6 Å². The van der Waals surface area contributed by atoms with Crippen LogP contribution in [-0.4, -0.2) is 48.5 Å². The Hall–Kier alpha value is -3.24. The Morgan fingerprint density at radius 2 is 1.97 bits per heavy atom. The molecule has 0 spiro atoms. The SMILES string of the molecule is CC(=O)c1cc(C(=O)NCc2ccc(F)c(C)c2)nc2ncnn12.NCC1(O)CCCCC1. The number of carbonyl (C=O) groups excluding carboxylic acids is 2. The lowest BCUT2D eigenvalue weighted by Gasteiger charge is -2.30. The van der Waals surface area contributed by atoms with E-state index in [1.165, 1.54) is 36.3 Å². The first-order valence-corrected chi connectivity index (χ1v) is 10.9. The summed E-state index contributed by atoms with van der Waals surface area (Å²) in [7, 11) is 0. The van der Waals surface area contributed by atoms with E-state index in [9.17, 15) is 19.1 Å². The second-order valence-electron chi connectivity index (χ2n) is 8.31. The van der Waals surface area contributed by atoms with Crippen LogP contribution in [0.1, 0.15) is 71.1 Å². The average Bonchev–Trinajstić information content (AvgIpc) is 3.28. The summed E-state index contributed by atoms with van der Waals surface area (Å²) < 4.78 is 14.5. The second-order valence-corrected chi connectivity index (χ2v) is 8.31. The van der Waals surface area contributed by atoms with E-state index in [1.54, 1.807) is 19.1 Å². The molecule has 0 radical (unpaired) electrons. The van der Waals surface area contributed by atoms with Crippen molar-refractivity contribution in [2.75, 3.05) is 6.54 Å². The van der Waals surface area contributed by atoms with Crippen LogP contribution in [0.15, 0.2) is 30.6 Å². The van der Waals surface area contributed by atoms with Crippen molar-refractivity contribution in [3.63, 3.8) is 0 Å². The summed E-state index contributed by atoms with van der Waals surface area (Å²) in [5, 5.41) is 16.2. The molecule has 0 unspecified atom stereocenters. The molecule has 0 saturated heterocycles. The van der Waals surface area contributed by atoms with Crippen LogP contribution in [0, 0.1) is 12.7 Å². The number of aromatic nitrogens is 4. The summed E-state index contributed by atoms with van der Waals surface area (Å²) in [6.45, 7) is 3.68. The van der Waals surface area contributed by atoms with Crippen molar-refractivity contribution in [3.8, 4) is 0 Å². The molecule has 1 aliphatic carbocycles. The predicted octanol–water partition coefficient (Wildman–Crippen LogP) is 2.34. The van der Waals surface area contributed by atoms with Crippen LogP contribution in [0.5, 0.6) is 0 Å². The van der Waals surface area contributed by atoms with Gasteiger partial charge in [-0.1, -0.05) is 31.4 Å². The van der Waals surface area contributed by atoms with Crippen LogP contribution >= 0.6 is 0 Å². The molecule has 1 saturated carbocycles. The van der Waals surface area contributed by atoms with Gasteiger partial charge < -0.3 is 16.2 Å². The zero-order valence-electron chi connectivity index (χ0n) is 18.8. The molecule has 1 aliphatic rings. The molecule has 1 aromatic carbocycles. The summed E-state index contributed by atoms with van der Waals surface area (Å²) in [5.41, 5.74) is 6.44. The smallest absolute Gasteiger partial charge is 0.270 e. The van der Waals surface area contributed by atoms with Gasteiger partial charge in [0.15, 0.2) is 5.78 Å². The van der Waals surface area contributed by atoms with Crippen molar-refractivity contribution >= 4 is 17.5 Å². The highest BCUT2D eigenvalue weighted by atomic mass is 19.1. The number of nitrogens with zero attached hydrogens (tertiary/aromatic N) is 4. The molecule has 4 rings (SSSR count). The van der Waals surface area contributed by atoms with E-state index in [0.717, 1.165) is 31.2 Å². The van der Waals surface area contributed by atoms with Gasteiger partial charge in [-0.25, -0.2) is 9.37 Å². The molecule has 10 heteroatoms. The summed E-state index contributed by atoms with van der Waals surface area (Å²) in [6, 6.07) is 5.98. The van der Waals surface area contributed by atoms with Crippen molar-refractivity contribution in [1.29, 1.82) is 0 Å². The maximum absolute atomic E-state index is 13.3. The number of benzene rings is 1. The summed E-state index contributed by atoms with van der Waals surface area (Å²) in [6.07, 6.45) is 6.63. The van der Waals surface area contributed by atoms with E-state index in [0.29, 0.717) is 12.1 Å². The van der Waals surface area contributed by atoms with Crippen molar-refractivity contribution in [2.24, 2.45) is 5.73 Å². The molecule has 9 nitrogen and oxygen atoms in total. The highest BCUT2D eigenvalue weighted by molar-refractivity contribution is 5.98. The lowest BCUT2D eigenvalue weighted by molar-refractivity contribution is 0.0127. The Labute approximate surface area is 191 Å². The Balaban J connectivity index is 0.000000286. The molecule has 0 bridgehead atoms. The molecule has 1 amide bonds. The number of halogens is 1. The van der Waals surface area contributed by atoms with Gasteiger partial charge in [-0.05, 0) is 43.0 Å². The Morgan fingerprint density at radius 1 is 1.24 bits per heavy atom. The quantitative estimate of drug-likeness (QED) is 0.502. The van der Waals surface area contributed by atoms with Gasteiger partial charge in [0.2, 0.25) is 0 Å². The van der Waals surface area contributed by atoms with E-state index < -0.39 is 11.5 Å². The van der Waals surface area contributed by atoms with E-state index in [2.05, 4.69) is 20.4 Å². The number of rotatable bonds is 5. The minimum atomic E-state index is -0.502. The van der Waals surface area contributed by atoms with Crippen molar-refractivity contribution < 1.29 is 19.1 Å². The molecule has 3 aromatic rings. The zero-order valence-corrected chi connectivity index (χ0v) is 18.8. The molecule has 0 atom stereocenters. The number of hydrogen-bond acceptors (Lipinski definition) is 7. The molecule has 0 aliphatic heterocycles. The number of aryl methyl sites for hydroxylation is 1. The predicted molar refractivity (Wildman–Crippen MR) is 120 cm³/mol. The minimum Gasteiger partial charge on any atom is -0.389 e. The molecule has 2 heterocycles. The fourth-order valence-electron chi connectivity index (χ4n) is 3.68. The van der Waals surface area contributed by atoms with Crippen LogP contribution in [0.25, 0.3) is 5.78 Å². The number of nitrogens with one attached hydrogen (secondary N) is 1. The largest absolute Gasteiger partial charge is 0.389 e. The highest BCUT2D eigenvalue weighted by Gasteiger charge is 2.26. The number of carbonyl (C=O) groups is 2. The molecular formula is C23H29FN6O3. The van der Waals surface area contributed by atoms with Gasteiger partial charge in [0.25, 0.3) is 11.7 Å². The van der Waals surface area contributed by atoms with Crippen LogP contribution in [0.3, 0.4) is 0 Å². The maximum Gasteiger partial charge on any atom is 0.270 e. The summed E-state index contributed by atoms with van der Waals surface area (Å²) in [4.78, 5) is 32.0. The van der Waals surface area contributed by atoms with Crippen molar-refractivity contribution in [2.45, 2.75) is 58.1 Å². The van der Waals surface area contributed by atoms with Gasteiger partial charge in [0, 0.05) is 20.0 Å². The van der Waals surface area contributed by atoms with E-state index in [4.69, 9.17) is 5.73 Å². The third-order valence-corrected chi connectivity index (χ3v) is 5.68. The van der Waals surface area contributed by atoms with Crippen LogP contribution < -0.4 is 11.1 Å². The molecule has 176 valence electrons. The fraction of sp³-hybridized carbons (Fsp3) is 0.435. The average molecular weight is 457 g/mol. The van der Waals surface area contributed by atoms with Crippen LogP contribution in [0.4, 0.5) is 4.39 Å². The molecular weight excluding hydrogens is 427 g/mol. The molecule has 33 heavy (non-hydrogen) atoms. The fourth-order valence-corrected chi connectivity index (χ4v) is 3.68. The van der Waals surface area contributed by atoms with Gasteiger partial charge in [0.05, 0.1) is 5.60 Å². The monoisotopic (exact) mass is 456 g/mol. The zero-order chi connectivity index (χ0) is 24.0. The van der Waals surface area contributed by atoms with E-state index in [1.807, 2.05) is 0 Å². The first kappa shape index (κ1) is 24.4. The van der Waals surface area contributed by atoms with E-state index in [-0.39, 0.29) is 35.3 Å². The van der Waals surface area contributed by atoms with Gasteiger partial charge >= 0.3 is 0 Å². The molecule has 1 fully saturated rings. The number of aliphatic hydroxyl groups is 1. The Kier molecular flexibility index (Phi) is 7.83. The first-order valence-electron chi connectivity index (χ1n) is 10.9. The highest BCUT2D eigenvalue weighted by Crippen LogP contribution is 2.26. The van der Waals surface area contributed by atoms with Crippen LogP contribution in [-0.2, 0) is 6.54 Å². The molecule has 2 aromatic heterocycles. The normalized spacial score (nSPS) is 14.9. The van der Waals surface area contributed by atoms with Crippen molar-refractivity contribution in [1.82, 2.24) is 24.9 Å². The Morgan fingerprint density at radius 3 is 2.58 bits per heavy atom. The number of hydrogen-bond donors (Lipinski definition) is 3. The standard InChI is InChI=1S/C16H14FN5O2.C7H15NO/c1-9-5-11(3-4-12(9)17)7-18-15(24)13-6-14(10(2)23)22-16(21-13)19-8-20-22;8-6-7(9)4-2-1-3-5-7/h3-6,8H,7H2,1-2H3,(H,18,24);9H,1-6,8H2. The molecule has 4 N–H and O–H groups in total. The van der Waals surface area contributed by atoms with Gasteiger partial charge in [-0.3, -0.25) is 9.59 Å². The number of amides is 1. The number of Topliss-reactive ketones (excluding diaryl/α,β-unsaturated/α-hetero) is 1. The van der Waals surface area contributed by atoms with Gasteiger partial charge in [0.1, 0.15) is 23.5 Å². The van der Waals surface area contributed by atoms with Gasteiger partial charge in [-0.15, -0.1) is 0 Å². The number of fused-ring (bicyclic) bond motifs is 1. The lowest BCUT2D eigenvalue weighted by atomic mass is 9.85. The third kappa shape index (κ3) is 6.17. The van der Waals surface area contributed by atoms with Crippen LogP contribution in [0.2, 0.25) is 0 Å². The van der Waals surface area contributed by atoms with E-state index >= 15 is 0 Å². The minimum absolute atomic E-state index is 0.0690. The number of ketones is 1. The number of nitrogens with two attached hydrogens (primary N) is 1. The maximum atomic E-state index is 13.3. The van der Waals surface area contributed by atoms with Crippen molar-refractivity contribution in [3.05, 3.63) is 58.9 Å². The summed E-state index contributed by atoms with van der Waals surface area (Å²) >= 11 is 0. The lowest BCUT2D eigenvalue weighted by Crippen LogP contribution is -2.39.